The van der Waals surface area contributed by atoms with E-state index in [4.69, 9.17) is 4.74 Å². The summed E-state index contributed by atoms with van der Waals surface area (Å²) in [6.45, 7) is 3.49. The quantitative estimate of drug-likeness (QED) is 0.716. The molecule has 0 saturated carbocycles. The van der Waals surface area contributed by atoms with Gasteiger partial charge in [-0.25, -0.2) is 0 Å². The fourth-order valence-electron chi connectivity index (χ4n) is 4.46. The van der Waals surface area contributed by atoms with Gasteiger partial charge in [0.25, 0.3) is 5.91 Å². The number of fused-ring (bicyclic) bond motifs is 2. The summed E-state index contributed by atoms with van der Waals surface area (Å²) in [6.07, 6.45) is 5.23. The average Bonchev–Trinajstić information content (AvgIpc) is 2.63. The van der Waals surface area contributed by atoms with Crippen LogP contribution in [0.3, 0.4) is 0 Å². The van der Waals surface area contributed by atoms with Crippen molar-refractivity contribution in [1.82, 2.24) is 15.5 Å². The van der Waals surface area contributed by atoms with Crippen molar-refractivity contribution < 1.29 is 14.3 Å². The number of carbonyl (C=O) groups is 2. The second-order valence-corrected chi connectivity index (χ2v) is 7.71. The number of benzene rings is 1. The number of piperidine rings is 2. The largest absolute Gasteiger partial charge is 0.383 e. The minimum absolute atomic E-state index is 0.0157. The highest BCUT2D eigenvalue weighted by Gasteiger charge is 2.39. The molecule has 2 bridgehead atoms. The Morgan fingerprint density at radius 1 is 1.19 bits per heavy atom. The first-order valence-electron chi connectivity index (χ1n) is 9.96. The standard InChI is InChI=1S/C21H31N3O3/c1-15-6-3-4-9-19(15)21(26)23-16-12-17-7-5-8-18(13-16)24(17)14-20(25)22-10-11-27-2/h3-4,6,9,16-18H,5,7-8,10-14H2,1-2H3,(H,22,25)(H,23,26). The van der Waals surface area contributed by atoms with E-state index in [-0.39, 0.29) is 17.9 Å². The molecule has 2 aliphatic heterocycles. The van der Waals surface area contributed by atoms with Gasteiger partial charge in [0, 0.05) is 37.3 Å². The monoisotopic (exact) mass is 373 g/mol. The van der Waals surface area contributed by atoms with Crippen molar-refractivity contribution >= 4 is 11.8 Å². The molecule has 27 heavy (non-hydrogen) atoms. The van der Waals surface area contributed by atoms with Gasteiger partial charge in [0.05, 0.1) is 13.2 Å². The van der Waals surface area contributed by atoms with Gasteiger partial charge in [0.1, 0.15) is 0 Å². The summed E-state index contributed by atoms with van der Waals surface area (Å²) in [6, 6.07) is 8.62. The van der Waals surface area contributed by atoms with E-state index in [1.165, 1.54) is 6.42 Å². The van der Waals surface area contributed by atoms with Gasteiger partial charge in [0.15, 0.2) is 0 Å². The molecule has 0 radical (unpaired) electrons. The second kappa shape index (κ2) is 9.33. The molecule has 0 aliphatic carbocycles. The van der Waals surface area contributed by atoms with Gasteiger partial charge in [-0.05, 0) is 44.2 Å². The van der Waals surface area contributed by atoms with E-state index in [9.17, 15) is 9.59 Å². The summed E-state index contributed by atoms with van der Waals surface area (Å²) >= 11 is 0. The van der Waals surface area contributed by atoms with Crippen LogP contribution in [0.5, 0.6) is 0 Å². The first-order chi connectivity index (χ1) is 13.1. The number of hydrogen-bond donors (Lipinski definition) is 2. The summed E-state index contributed by atoms with van der Waals surface area (Å²) in [5.41, 5.74) is 1.75. The zero-order valence-corrected chi connectivity index (χ0v) is 16.4. The summed E-state index contributed by atoms with van der Waals surface area (Å²) in [5, 5.41) is 6.15. The van der Waals surface area contributed by atoms with Gasteiger partial charge in [0.2, 0.25) is 5.91 Å². The number of amides is 2. The Morgan fingerprint density at radius 2 is 1.89 bits per heavy atom. The van der Waals surface area contributed by atoms with Crippen LogP contribution in [0.4, 0.5) is 0 Å². The third-order valence-corrected chi connectivity index (χ3v) is 5.81. The summed E-state index contributed by atoms with van der Waals surface area (Å²) < 4.78 is 4.98. The number of methoxy groups -OCH3 is 1. The van der Waals surface area contributed by atoms with Gasteiger partial charge >= 0.3 is 0 Å². The third-order valence-electron chi connectivity index (χ3n) is 5.81. The smallest absolute Gasteiger partial charge is 0.251 e. The molecule has 1 aromatic rings. The summed E-state index contributed by atoms with van der Waals surface area (Å²) in [4.78, 5) is 27.2. The Labute approximate surface area is 161 Å². The van der Waals surface area contributed by atoms with Crippen molar-refractivity contribution in [2.45, 2.75) is 57.2 Å². The first kappa shape index (κ1) is 19.8. The van der Waals surface area contributed by atoms with Crippen LogP contribution in [0.25, 0.3) is 0 Å². The van der Waals surface area contributed by atoms with Crippen LogP contribution in [0.1, 0.15) is 48.0 Å². The molecular formula is C21H31N3O3. The first-order valence-corrected chi connectivity index (χ1v) is 9.96. The van der Waals surface area contributed by atoms with E-state index in [1.54, 1.807) is 7.11 Å². The van der Waals surface area contributed by atoms with E-state index in [0.717, 1.165) is 36.8 Å². The van der Waals surface area contributed by atoms with Gasteiger partial charge in [-0.3, -0.25) is 14.5 Å². The zero-order chi connectivity index (χ0) is 19.2. The van der Waals surface area contributed by atoms with Crippen molar-refractivity contribution in [2.24, 2.45) is 0 Å². The van der Waals surface area contributed by atoms with Crippen LogP contribution in [-0.2, 0) is 9.53 Å². The fraction of sp³-hybridized carbons (Fsp3) is 0.619. The minimum Gasteiger partial charge on any atom is -0.383 e. The second-order valence-electron chi connectivity index (χ2n) is 7.71. The average molecular weight is 373 g/mol. The maximum Gasteiger partial charge on any atom is 0.251 e. The van der Waals surface area contributed by atoms with Gasteiger partial charge in [-0.2, -0.15) is 0 Å². The molecule has 2 saturated heterocycles. The lowest BCUT2D eigenvalue weighted by Gasteiger charge is -2.48. The number of carbonyl (C=O) groups excluding carboxylic acids is 2. The number of nitrogens with zero attached hydrogens (tertiary/aromatic N) is 1. The Morgan fingerprint density at radius 3 is 2.56 bits per heavy atom. The molecule has 2 amide bonds. The third kappa shape index (κ3) is 5.08. The van der Waals surface area contributed by atoms with Crippen LogP contribution in [0.2, 0.25) is 0 Å². The Hall–Kier alpha value is -1.92. The normalized spacial score (nSPS) is 25.0. The Kier molecular flexibility index (Phi) is 6.85. The highest BCUT2D eigenvalue weighted by atomic mass is 16.5. The molecule has 6 nitrogen and oxygen atoms in total. The molecule has 6 heteroatoms. The Balaban J connectivity index is 1.56. The summed E-state index contributed by atoms with van der Waals surface area (Å²) in [7, 11) is 1.63. The molecule has 3 rings (SSSR count). The molecule has 2 aliphatic rings. The number of rotatable bonds is 7. The van der Waals surface area contributed by atoms with Crippen molar-refractivity contribution in [3.63, 3.8) is 0 Å². The van der Waals surface area contributed by atoms with Crippen LogP contribution in [0.15, 0.2) is 24.3 Å². The van der Waals surface area contributed by atoms with Crippen LogP contribution in [0, 0.1) is 6.92 Å². The lowest BCUT2D eigenvalue weighted by Crippen LogP contribution is -2.59. The van der Waals surface area contributed by atoms with Gasteiger partial charge in [-0.1, -0.05) is 24.6 Å². The zero-order valence-electron chi connectivity index (χ0n) is 16.4. The molecule has 2 N–H and O–H groups in total. The van der Waals surface area contributed by atoms with E-state index in [2.05, 4.69) is 15.5 Å². The van der Waals surface area contributed by atoms with E-state index in [1.807, 2.05) is 31.2 Å². The molecule has 0 aromatic heterocycles. The van der Waals surface area contributed by atoms with Gasteiger partial charge < -0.3 is 15.4 Å². The highest BCUT2D eigenvalue weighted by Crippen LogP contribution is 2.34. The van der Waals surface area contributed by atoms with Crippen molar-refractivity contribution in [3.8, 4) is 0 Å². The van der Waals surface area contributed by atoms with Gasteiger partial charge in [-0.15, -0.1) is 0 Å². The molecule has 148 valence electrons. The van der Waals surface area contributed by atoms with Crippen LogP contribution >= 0.6 is 0 Å². The minimum atomic E-state index is 0.0157. The predicted octanol–water partition coefficient (Wildman–Crippen LogP) is 1.87. The Bertz CT molecular complexity index is 650. The highest BCUT2D eigenvalue weighted by molar-refractivity contribution is 5.95. The maximum atomic E-state index is 12.7. The lowest BCUT2D eigenvalue weighted by atomic mass is 9.81. The SMILES string of the molecule is COCCNC(=O)CN1C2CCCC1CC(NC(=O)c1ccccc1C)C2. The molecular weight excluding hydrogens is 342 g/mol. The molecule has 2 heterocycles. The fourth-order valence-corrected chi connectivity index (χ4v) is 4.46. The maximum absolute atomic E-state index is 12.7. The number of ether oxygens (including phenoxy) is 1. The summed E-state index contributed by atoms with van der Waals surface area (Å²) in [5.74, 6) is 0.0771. The molecule has 2 unspecified atom stereocenters. The number of aryl methyl sites for hydroxylation is 1. The number of nitrogens with one attached hydrogen (secondary N) is 2. The van der Waals surface area contributed by atoms with Crippen LogP contribution < -0.4 is 10.6 Å². The lowest BCUT2D eigenvalue weighted by molar-refractivity contribution is -0.125. The number of hydrogen-bond acceptors (Lipinski definition) is 4. The van der Waals surface area contributed by atoms with E-state index >= 15 is 0 Å². The van der Waals surface area contributed by atoms with Crippen molar-refractivity contribution in [1.29, 1.82) is 0 Å². The topological polar surface area (TPSA) is 70.7 Å². The molecule has 2 fully saturated rings. The van der Waals surface area contributed by atoms with E-state index < -0.39 is 0 Å². The van der Waals surface area contributed by atoms with Crippen molar-refractivity contribution in [3.05, 3.63) is 35.4 Å². The van der Waals surface area contributed by atoms with Crippen molar-refractivity contribution in [2.75, 3.05) is 26.8 Å². The van der Waals surface area contributed by atoms with Crippen LogP contribution in [-0.4, -0.2) is 61.6 Å². The molecule has 2 atom stereocenters. The molecule has 1 aromatic carbocycles. The predicted molar refractivity (Wildman–Crippen MR) is 105 cm³/mol. The van der Waals surface area contributed by atoms with E-state index in [0.29, 0.717) is 31.8 Å². The molecule has 0 spiro atoms.